The Labute approximate surface area is 762 Å². The first kappa shape index (κ1) is 104. The molecule has 42 heteroatoms. The minimum atomic E-state index is -1.60. The van der Waals surface area contributed by atoms with E-state index in [1.165, 1.54) is 36.2 Å². The minimum absolute atomic E-state index is 0.00921. The van der Waals surface area contributed by atoms with Crippen molar-refractivity contribution in [3.8, 4) is 23.0 Å². The molecule has 0 radical (unpaired) electrons. The summed E-state index contributed by atoms with van der Waals surface area (Å²) in [6.07, 6.45) is -2.54. The van der Waals surface area contributed by atoms with Crippen molar-refractivity contribution in [1.29, 1.82) is 0 Å². The van der Waals surface area contributed by atoms with Crippen molar-refractivity contribution in [2.45, 2.75) is 213 Å². The maximum absolute atomic E-state index is 14.5. The Morgan fingerprint density at radius 1 is 0.580 bits per heavy atom. The van der Waals surface area contributed by atoms with Gasteiger partial charge in [0.2, 0.25) is 23.6 Å². The van der Waals surface area contributed by atoms with Gasteiger partial charge >= 0.3 is 24.2 Å². The molecule has 131 heavy (non-hydrogen) atoms. The van der Waals surface area contributed by atoms with Crippen LogP contribution in [0.3, 0.4) is 0 Å². The van der Waals surface area contributed by atoms with E-state index >= 15 is 0 Å². The third-order valence-electron chi connectivity index (χ3n) is 20.4. The number of unbranched alkanes of at least 4 members (excludes halogenated alkanes) is 1. The maximum Gasteiger partial charge on any atom is 0.416 e. The van der Waals surface area contributed by atoms with Gasteiger partial charge in [-0.25, -0.2) is 19.3 Å². The van der Waals surface area contributed by atoms with Crippen molar-refractivity contribution in [2.24, 2.45) is 10.2 Å². The number of azide groups is 2. The van der Waals surface area contributed by atoms with Gasteiger partial charge in [-0.05, 0) is 166 Å². The number of nitrogens with zero attached hydrogens (tertiary/aromatic N) is 10. The highest BCUT2D eigenvalue weighted by Crippen LogP contribution is 2.44. The second kappa shape index (κ2) is 52.6. The number of alkyl carbamates (subject to hydrolysis) is 1. The standard InChI is InChI=1S/C89H127N17O25/c1-56(2)93-80(110)59(5)95-77(107)28-34-120-36-38-122-40-42-124-55-76(100-102-91)97-63-26-22-61(23-27-63)53-129-87(117)106-69-49-74(72(119-13)47-66(69)83(113)104-50-57(3)44-70(104)84(106)114)127-33-17-32-126-73-48-68-65(46-71(73)118-12)82(112)103-31-16-18-64(103)51-105(68)86(116)128-52-60-20-24-62(25-21-60)96-75(99-101-90)54-125-43-41-123-39-37-121-35-29-78(108)98-67(19-14-15-30-92-85(115)131-89(9,10)11)81(111)94-58(4)45-79(109)130-88(6,7)8/h20-27,46-49,56,58-59,64,67,70,75-76,84,96-97,114H,3,14-19,28-45,50-55H2,1-2,4-13H3,(H,92,115)(H,93,110)(H,94,111)(H,95,107)(H,98,108)/t58-,59-,64-,67-,70-,75-,76-,84-/m0/s1. The van der Waals surface area contributed by atoms with Crippen molar-refractivity contribution in [1.82, 2.24) is 36.4 Å². The Balaban J connectivity index is 0.781. The molecule has 4 aliphatic heterocycles. The van der Waals surface area contributed by atoms with Gasteiger partial charge < -0.3 is 118 Å². The molecule has 2 fully saturated rings. The number of rotatable bonds is 53. The Morgan fingerprint density at radius 2 is 1.08 bits per heavy atom. The van der Waals surface area contributed by atoms with Crippen LogP contribution in [0, 0.1) is 0 Å². The zero-order valence-corrected chi connectivity index (χ0v) is 76.8. The molecule has 0 aliphatic carbocycles. The number of methoxy groups -OCH3 is 2. The van der Waals surface area contributed by atoms with Crippen molar-refractivity contribution >= 4 is 82.4 Å². The van der Waals surface area contributed by atoms with Gasteiger partial charge in [0.15, 0.2) is 29.2 Å². The van der Waals surface area contributed by atoms with Crippen molar-refractivity contribution in [2.75, 3.05) is 153 Å². The SMILES string of the molecule is C=C1C[C@H]2[C@H](O)N(C(=O)OCc3ccc(N[C@H](COCCOCCOCCC(=O)N[C@@H](C)C(=O)NC(C)C)N=[N+]=[N-])cc3)c3cc(OCCCOc4cc5c(cc4OC)C(=O)N4CCC[C@H]4CN5C(=O)OCc4ccc(N[C@H](COCCOCCOCCC(=O)N[C@@H](CCCCNC(=O)OC(C)(C)C)C(=O)N[C@@H](C)CC(=O)OC(C)(C)C)N=[N+]=[N-])cc4)c(OC)cc3C(=O)N2C1. The third-order valence-corrected chi connectivity index (χ3v) is 20.4. The van der Waals surface area contributed by atoms with Gasteiger partial charge in [0.25, 0.3) is 11.8 Å². The summed E-state index contributed by atoms with van der Waals surface area (Å²) in [6, 6.07) is 16.2. The molecule has 8 rings (SSSR count). The quantitative estimate of drug-likeness (QED) is 0.00387. The van der Waals surface area contributed by atoms with Gasteiger partial charge in [-0.1, -0.05) is 46.6 Å². The number of amides is 9. The highest BCUT2D eigenvalue weighted by atomic mass is 16.6. The lowest BCUT2D eigenvalue weighted by Gasteiger charge is -2.31. The lowest BCUT2D eigenvalue weighted by atomic mass is 10.1. The first-order valence-electron chi connectivity index (χ1n) is 43.9. The molecule has 718 valence electrons. The number of carbonyl (C=O) groups excluding carboxylic acids is 10. The van der Waals surface area contributed by atoms with Gasteiger partial charge in [-0.15, -0.1) is 0 Å². The number of benzene rings is 4. The van der Waals surface area contributed by atoms with Gasteiger partial charge in [0, 0.05) is 90.9 Å². The van der Waals surface area contributed by atoms with Crippen LogP contribution in [0.4, 0.5) is 37.1 Å². The number of anilines is 4. The van der Waals surface area contributed by atoms with Gasteiger partial charge in [-0.2, -0.15) is 0 Å². The minimum Gasteiger partial charge on any atom is -0.493 e. The molecular weight excluding hydrogens is 1710 g/mol. The van der Waals surface area contributed by atoms with Crippen LogP contribution in [0.25, 0.3) is 20.9 Å². The van der Waals surface area contributed by atoms with Crippen LogP contribution >= 0.6 is 0 Å². The highest BCUT2D eigenvalue weighted by molar-refractivity contribution is 6.07. The fourth-order valence-electron chi connectivity index (χ4n) is 14.2. The topological polar surface area (TPSA) is 515 Å². The number of nitrogens with one attached hydrogen (secondary N) is 7. The molecule has 0 saturated carbocycles. The zero-order chi connectivity index (χ0) is 95.2. The number of aliphatic hydroxyl groups excluding tert-OH is 1. The summed E-state index contributed by atoms with van der Waals surface area (Å²) in [6.45, 7) is 23.7. The summed E-state index contributed by atoms with van der Waals surface area (Å²) in [7, 11) is 2.82. The molecule has 4 heterocycles. The first-order chi connectivity index (χ1) is 62.6. The summed E-state index contributed by atoms with van der Waals surface area (Å²) < 4.78 is 80.4. The summed E-state index contributed by atoms with van der Waals surface area (Å²) in [5.74, 6) is -2.07. The smallest absolute Gasteiger partial charge is 0.416 e. The number of ether oxygens (including phenoxy) is 14. The number of fused-ring (bicyclic) bond motifs is 4. The van der Waals surface area contributed by atoms with Crippen LogP contribution < -0.4 is 66.0 Å². The normalized spacial score (nSPS) is 16.3. The van der Waals surface area contributed by atoms with Crippen molar-refractivity contribution in [3.63, 3.8) is 0 Å². The van der Waals surface area contributed by atoms with Crippen LogP contribution in [0.15, 0.2) is 95.2 Å². The van der Waals surface area contributed by atoms with E-state index in [1.54, 1.807) is 121 Å². The summed E-state index contributed by atoms with van der Waals surface area (Å²) in [4.78, 5) is 144. The van der Waals surface area contributed by atoms with E-state index in [9.17, 15) is 64.1 Å². The molecule has 42 nitrogen and oxygen atoms in total. The van der Waals surface area contributed by atoms with Crippen LogP contribution in [0.2, 0.25) is 0 Å². The number of aliphatic hydroxyl groups is 1. The Morgan fingerprint density at radius 3 is 1.61 bits per heavy atom. The number of hydrogen-bond donors (Lipinski definition) is 8. The molecule has 8 N–H and O–H groups in total. The van der Waals surface area contributed by atoms with Crippen LogP contribution in [0.1, 0.15) is 165 Å². The molecule has 4 aromatic carbocycles. The van der Waals surface area contributed by atoms with Gasteiger partial charge in [0.05, 0.1) is 148 Å². The predicted molar refractivity (Wildman–Crippen MR) is 480 cm³/mol. The van der Waals surface area contributed by atoms with E-state index in [4.69, 9.17) is 66.3 Å². The van der Waals surface area contributed by atoms with Crippen LogP contribution in [0.5, 0.6) is 23.0 Å². The average Bonchev–Trinajstić information content (AvgIpc) is 1.65. The van der Waals surface area contributed by atoms with Crippen LogP contribution in [-0.4, -0.2) is 274 Å². The van der Waals surface area contributed by atoms with E-state index in [1.807, 2.05) is 13.8 Å². The maximum atomic E-state index is 14.5. The fraction of sp³-hybridized carbons (Fsp3) is 0.596. The molecule has 0 bridgehead atoms. The highest BCUT2D eigenvalue weighted by Gasteiger charge is 2.47. The lowest BCUT2D eigenvalue weighted by Crippen LogP contribution is -2.50. The number of hydrogen-bond acceptors (Lipinski definition) is 29. The Hall–Kier alpha value is -12.1. The monoisotopic (exact) mass is 1830 g/mol. The van der Waals surface area contributed by atoms with Gasteiger partial charge in [-0.3, -0.25) is 38.5 Å². The molecule has 0 spiro atoms. The largest absolute Gasteiger partial charge is 0.493 e. The number of carbonyl (C=O) groups is 10. The summed E-state index contributed by atoms with van der Waals surface area (Å²) in [5.41, 5.74) is 20.8. The Bertz CT molecular complexity index is 4580. The summed E-state index contributed by atoms with van der Waals surface area (Å²) in [5, 5.41) is 39.6. The second-order valence-electron chi connectivity index (χ2n) is 33.8. The average molecular weight is 1840 g/mol. The zero-order valence-electron chi connectivity index (χ0n) is 76.8. The molecule has 0 aromatic heterocycles. The molecule has 9 amide bonds. The molecule has 8 atom stereocenters. The van der Waals surface area contributed by atoms with E-state index < -0.39 is 95.9 Å². The van der Waals surface area contributed by atoms with E-state index in [0.29, 0.717) is 60.4 Å². The molecule has 2 saturated heterocycles. The van der Waals surface area contributed by atoms with Crippen LogP contribution in [-0.2, 0) is 84.6 Å². The van der Waals surface area contributed by atoms with E-state index in [0.717, 1.165) is 11.3 Å². The van der Waals surface area contributed by atoms with E-state index in [2.05, 4.69) is 63.8 Å². The summed E-state index contributed by atoms with van der Waals surface area (Å²) >= 11 is 0. The third kappa shape index (κ3) is 34.6. The van der Waals surface area contributed by atoms with Crippen molar-refractivity contribution in [3.05, 3.63) is 128 Å². The van der Waals surface area contributed by atoms with Crippen molar-refractivity contribution < 1.29 is 119 Å². The molecule has 0 unspecified atom stereocenters. The van der Waals surface area contributed by atoms with Gasteiger partial charge in [0.1, 0.15) is 48.8 Å². The first-order valence-corrected chi connectivity index (χ1v) is 43.9. The second-order valence-corrected chi connectivity index (χ2v) is 33.8. The number of esters is 1. The molecule has 4 aliphatic rings. The Kier molecular flexibility index (Phi) is 41.9. The molecular formula is C89H127N17O25. The molecule has 4 aromatic rings. The fourth-order valence-corrected chi connectivity index (χ4v) is 14.2. The van der Waals surface area contributed by atoms with E-state index in [-0.39, 0.29) is 233 Å². The lowest BCUT2D eigenvalue weighted by molar-refractivity contribution is -0.155. The predicted octanol–water partition coefficient (Wildman–Crippen LogP) is 9.98.